The quantitative estimate of drug-likeness (QED) is 0.344. The van der Waals surface area contributed by atoms with Gasteiger partial charge in [-0.05, 0) is 86.5 Å². The summed E-state index contributed by atoms with van der Waals surface area (Å²) in [5.41, 5.74) is 0.438. The molecule has 13 heteroatoms. The second-order valence-electron chi connectivity index (χ2n) is 13.6. The first-order valence-corrected chi connectivity index (χ1v) is 16.6. The molecule has 1 saturated carbocycles. The zero-order chi connectivity index (χ0) is 30.7. The van der Waals surface area contributed by atoms with E-state index in [1.54, 1.807) is 10.9 Å². The first-order chi connectivity index (χ1) is 19.6. The van der Waals surface area contributed by atoms with E-state index in [0.717, 1.165) is 43.6 Å². The Bertz CT molecular complexity index is 1300. The molecule has 1 aliphatic carbocycles. The molecule has 2 fully saturated rings. The first-order valence-electron chi connectivity index (χ1n) is 15.2. The van der Waals surface area contributed by atoms with Crippen molar-refractivity contribution in [1.82, 2.24) is 29.2 Å². The number of unbranched alkanes of at least 4 members (excludes halogenated alkanes) is 1. The van der Waals surface area contributed by atoms with E-state index in [1.165, 1.54) is 10.5 Å². The number of aryl methyl sites for hydroxylation is 1. The predicted octanol–water partition coefficient (Wildman–Crippen LogP) is 4.03. The number of sulfonamides is 1. The second kappa shape index (κ2) is 12.9. The fraction of sp³-hybridized carbons (Fsp3) is 0.759. The van der Waals surface area contributed by atoms with Crippen LogP contribution in [0.1, 0.15) is 98.1 Å². The molecule has 2 atom stereocenters. The van der Waals surface area contributed by atoms with E-state index >= 15 is 0 Å². The normalized spacial score (nSPS) is 21.0. The number of carbonyl (C=O) groups is 1. The van der Waals surface area contributed by atoms with Gasteiger partial charge in [0.05, 0.1) is 17.8 Å². The summed E-state index contributed by atoms with van der Waals surface area (Å²) >= 11 is 0. The maximum atomic E-state index is 13.3. The third-order valence-electron chi connectivity index (χ3n) is 7.73. The predicted molar refractivity (Wildman–Crippen MR) is 161 cm³/mol. The van der Waals surface area contributed by atoms with Crippen LogP contribution in [0, 0.1) is 0 Å². The largest absolute Gasteiger partial charge is 0.444 e. The summed E-state index contributed by atoms with van der Waals surface area (Å²) in [6, 6.07) is 2.23. The lowest BCUT2D eigenvalue weighted by Gasteiger charge is -2.31. The van der Waals surface area contributed by atoms with E-state index in [-0.39, 0.29) is 22.6 Å². The number of alkyl carbamates (subject to hydrolysis) is 1. The number of rotatable bonds is 10. The van der Waals surface area contributed by atoms with Crippen LogP contribution in [-0.4, -0.2) is 80.9 Å². The monoisotopic (exact) mass is 607 g/mol. The molecule has 1 amide bonds. The number of aliphatic hydroxyl groups excluding tert-OH is 1. The smallest absolute Gasteiger partial charge is 0.407 e. The Morgan fingerprint density at radius 2 is 1.81 bits per heavy atom. The van der Waals surface area contributed by atoms with Crippen LogP contribution >= 0.6 is 0 Å². The molecule has 2 aliphatic rings. The number of nitrogens with zero attached hydrogens (tertiary/aromatic N) is 5. The summed E-state index contributed by atoms with van der Waals surface area (Å²) in [5, 5.41) is 25.5. The van der Waals surface area contributed by atoms with Crippen molar-refractivity contribution in [3.63, 3.8) is 0 Å². The molecular formula is C29H49N7O5S. The molecule has 12 nitrogen and oxygen atoms in total. The molecule has 0 unspecified atom stereocenters. The van der Waals surface area contributed by atoms with Crippen molar-refractivity contribution in [2.24, 2.45) is 0 Å². The number of nitrogens with one attached hydrogen (secondary N) is 2. The zero-order valence-corrected chi connectivity index (χ0v) is 26.8. The molecule has 2 aromatic heterocycles. The van der Waals surface area contributed by atoms with Gasteiger partial charge in [-0.2, -0.15) is 14.5 Å². The molecule has 0 bridgehead atoms. The zero-order valence-electron chi connectivity index (χ0n) is 26.0. The van der Waals surface area contributed by atoms with Gasteiger partial charge in [-0.1, -0.05) is 0 Å². The molecule has 1 saturated heterocycles. The fourth-order valence-corrected chi connectivity index (χ4v) is 7.05. The Balaban J connectivity index is 1.26. The molecular weight excluding hydrogens is 558 g/mol. The van der Waals surface area contributed by atoms with Crippen LogP contribution in [0.5, 0.6) is 0 Å². The van der Waals surface area contributed by atoms with Crippen LogP contribution in [0.2, 0.25) is 0 Å². The number of hydrogen-bond acceptors (Lipinski definition) is 8. The summed E-state index contributed by atoms with van der Waals surface area (Å²) < 4.78 is 37.1. The third kappa shape index (κ3) is 8.47. The number of piperidine rings is 1. The van der Waals surface area contributed by atoms with E-state index in [2.05, 4.69) is 47.3 Å². The van der Waals surface area contributed by atoms with Crippen LogP contribution in [0.15, 0.2) is 23.4 Å². The molecule has 0 spiro atoms. The second-order valence-corrected chi connectivity index (χ2v) is 15.5. The molecule has 3 heterocycles. The lowest BCUT2D eigenvalue weighted by atomic mass is 10.0. The van der Waals surface area contributed by atoms with Crippen molar-refractivity contribution in [3.05, 3.63) is 24.2 Å². The summed E-state index contributed by atoms with van der Waals surface area (Å²) in [6.45, 7) is 13.7. The van der Waals surface area contributed by atoms with Crippen molar-refractivity contribution >= 4 is 21.9 Å². The van der Waals surface area contributed by atoms with Crippen LogP contribution in [0.4, 0.5) is 10.6 Å². The molecule has 1 aliphatic heterocycles. The molecule has 2 aromatic rings. The van der Waals surface area contributed by atoms with E-state index in [4.69, 9.17) is 9.84 Å². The van der Waals surface area contributed by atoms with Gasteiger partial charge >= 0.3 is 6.09 Å². The maximum Gasteiger partial charge on any atom is 0.407 e. The first kappa shape index (κ1) is 32.3. The summed E-state index contributed by atoms with van der Waals surface area (Å²) in [6.07, 6.45) is 7.67. The number of aliphatic hydroxyl groups is 1. The number of carbonyl (C=O) groups excluding carboxylic acids is 1. The Hall–Kier alpha value is -2.64. The number of hydrogen-bond donors (Lipinski definition) is 3. The van der Waals surface area contributed by atoms with E-state index in [0.29, 0.717) is 44.9 Å². The minimum absolute atomic E-state index is 0.124. The average Bonchev–Trinajstić information content (AvgIpc) is 3.63. The van der Waals surface area contributed by atoms with Gasteiger partial charge in [0.1, 0.15) is 16.3 Å². The fourth-order valence-electron chi connectivity index (χ4n) is 5.62. The van der Waals surface area contributed by atoms with Gasteiger partial charge in [0.2, 0.25) is 10.0 Å². The van der Waals surface area contributed by atoms with Crippen molar-refractivity contribution in [2.45, 2.75) is 127 Å². The molecule has 0 radical (unpaired) electrons. The molecule has 4 rings (SSSR count). The Labute approximate surface area is 250 Å². The minimum atomic E-state index is -3.63. The van der Waals surface area contributed by atoms with Crippen LogP contribution in [0.25, 0.3) is 0 Å². The molecule has 236 valence electrons. The number of amides is 1. The van der Waals surface area contributed by atoms with E-state index in [1.807, 2.05) is 20.8 Å². The highest BCUT2D eigenvalue weighted by molar-refractivity contribution is 7.89. The van der Waals surface area contributed by atoms with E-state index in [9.17, 15) is 18.3 Å². The van der Waals surface area contributed by atoms with Crippen LogP contribution < -0.4 is 10.6 Å². The molecule has 3 N–H and O–H groups in total. The molecule has 0 aromatic carbocycles. The van der Waals surface area contributed by atoms with Gasteiger partial charge in [0.15, 0.2) is 0 Å². The van der Waals surface area contributed by atoms with Crippen molar-refractivity contribution in [3.8, 4) is 0 Å². The molecule has 42 heavy (non-hydrogen) atoms. The lowest BCUT2D eigenvalue weighted by molar-refractivity contribution is 0.0526. The SMILES string of the molecule is CC(C)(C)OC(=O)NCCCCn1cc(S(=O)(=O)N2CCC(Nc3cc([C@H]4CC[C@@H](O)C4)n(C(C)(C)C)n3)CC2)cn1. The Kier molecular flexibility index (Phi) is 9.93. The highest BCUT2D eigenvalue weighted by Crippen LogP contribution is 2.37. The van der Waals surface area contributed by atoms with Gasteiger partial charge in [0, 0.05) is 56.1 Å². The van der Waals surface area contributed by atoms with Crippen molar-refractivity contribution in [2.75, 3.05) is 25.0 Å². The van der Waals surface area contributed by atoms with Crippen LogP contribution in [0.3, 0.4) is 0 Å². The highest BCUT2D eigenvalue weighted by Gasteiger charge is 2.33. The van der Waals surface area contributed by atoms with Gasteiger partial charge in [0.25, 0.3) is 0 Å². The average molecular weight is 608 g/mol. The number of ether oxygens (including phenoxy) is 1. The van der Waals surface area contributed by atoms with Gasteiger partial charge in [-0.25, -0.2) is 13.2 Å². The lowest BCUT2D eigenvalue weighted by Crippen LogP contribution is -2.42. The summed E-state index contributed by atoms with van der Waals surface area (Å²) in [7, 11) is -3.63. The van der Waals surface area contributed by atoms with E-state index < -0.39 is 21.7 Å². The van der Waals surface area contributed by atoms with Crippen molar-refractivity contribution < 1.29 is 23.1 Å². The van der Waals surface area contributed by atoms with Gasteiger partial charge in [-0.15, -0.1) is 0 Å². The Morgan fingerprint density at radius 1 is 1.10 bits per heavy atom. The standard InChI is InChI=1S/C29H49N7O5S/c1-28(2,3)36-25(21-9-10-23(37)17-21)18-26(33-36)32-22-11-15-35(16-12-22)42(39,40)24-19-31-34(20-24)14-8-7-13-30-27(38)41-29(4,5)6/h18-23,37H,7-17H2,1-6H3,(H,30,38)(H,32,33)/t21-,23+/m0/s1. The summed E-state index contributed by atoms with van der Waals surface area (Å²) in [5.74, 6) is 1.11. The maximum absolute atomic E-state index is 13.3. The van der Waals surface area contributed by atoms with Crippen LogP contribution in [-0.2, 0) is 26.8 Å². The van der Waals surface area contributed by atoms with Gasteiger partial charge < -0.3 is 20.5 Å². The minimum Gasteiger partial charge on any atom is -0.444 e. The topological polar surface area (TPSA) is 144 Å². The summed E-state index contributed by atoms with van der Waals surface area (Å²) in [4.78, 5) is 11.9. The number of aromatic nitrogens is 4. The Morgan fingerprint density at radius 3 is 2.43 bits per heavy atom. The number of anilines is 1. The highest BCUT2D eigenvalue weighted by atomic mass is 32.2. The van der Waals surface area contributed by atoms with Gasteiger partial charge in [-0.3, -0.25) is 9.36 Å². The third-order valence-corrected chi connectivity index (χ3v) is 9.58. The van der Waals surface area contributed by atoms with Crippen molar-refractivity contribution in [1.29, 1.82) is 0 Å².